The smallest absolute Gasteiger partial charge is 0.410 e. The number of ether oxygens (including phenoxy) is 1. The van der Waals surface area contributed by atoms with Crippen molar-refractivity contribution in [2.24, 2.45) is 5.92 Å². The molecule has 120 valence electrons. The van der Waals surface area contributed by atoms with Crippen LogP contribution in [0.5, 0.6) is 0 Å². The Balaban J connectivity index is 1.70. The number of rotatable bonds is 4. The standard InChI is InChI=1S/C16H23N3O2S/c1-16(2,3)21-15(20)19-5-4-12(10-19)8-18-9-14-6-13(7-17)11-22-14/h6,11-12,18H,4-5,8-10H2,1-3H3. The van der Waals surface area contributed by atoms with Crippen molar-refractivity contribution in [1.29, 1.82) is 5.26 Å². The summed E-state index contributed by atoms with van der Waals surface area (Å²) >= 11 is 1.60. The van der Waals surface area contributed by atoms with Crippen LogP contribution >= 0.6 is 11.3 Å². The fourth-order valence-electron chi connectivity index (χ4n) is 2.42. The molecule has 1 atom stereocenters. The van der Waals surface area contributed by atoms with Gasteiger partial charge in [-0.3, -0.25) is 0 Å². The van der Waals surface area contributed by atoms with E-state index >= 15 is 0 Å². The highest BCUT2D eigenvalue weighted by Crippen LogP contribution is 2.19. The molecule has 2 heterocycles. The van der Waals surface area contributed by atoms with E-state index in [1.807, 2.05) is 32.2 Å². The number of hydrogen-bond donors (Lipinski definition) is 1. The topological polar surface area (TPSA) is 65.4 Å². The van der Waals surface area contributed by atoms with Crippen LogP contribution in [-0.4, -0.2) is 36.2 Å². The first-order chi connectivity index (χ1) is 10.4. The van der Waals surface area contributed by atoms with E-state index in [1.165, 1.54) is 4.88 Å². The van der Waals surface area contributed by atoms with Crippen LogP contribution in [0.15, 0.2) is 11.4 Å². The molecule has 0 aromatic carbocycles. The Kier molecular flexibility index (Phi) is 5.43. The number of likely N-dealkylation sites (tertiary alicyclic amines) is 1. The van der Waals surface area contributed by atoms with E-state index in [0.29, 0.717) is 5.92 Å². The second-order valence-electron chi connectivity index (χ2n) is 6.63. The van der Waals surface area contributed by atoms with Gasteiger partial charge in [0.1, 0.15) is 11.7 Å². The molecule has 1 aromatic heterocycles. The van der Waals surface area contributed by atoms with E-state index in [-0.39, 0.29) is 6.09 Å². The summed E-state index contributed by atoms with van der Waals surface area (Å²) in [4.78, 5) is 14.9. The Bertz CT molecular complexity index is 556. The Morgan fingerprint density at radius 2 is 2.36 bits per heavy atom. The normalized spacial score (nSPS) is 18.3. The van der Waals surface area contributed by atoms with Gasteiger partial charge in [-0.2, -0.15) is 5.26 Å². The number of carbonyl (C=O) groups excluding carboxylic acids is 1. The van der Waals surface area contributed by atoms with Gasteiger partial charge in [-0.15, -0.1) is 11.3 Å². The van der Waals surface area contributed by atoms with Crippen LogP contribution in [0.3, 0.4) is 0 Å². The lowest BCUT2D eigenvalue weighted by molar-refractivity contribution is 0.0288. The molecule has 1 aliphatic heterocycles. The molecular formula is C16H23N3O2S. The van der Waals surface area contributed by atoms with Crippen molar-refractivity contribution in [2.45, 2.75) is 39.3 Å². The largest absolute Gasteiger partial charge is 0.444 e. The fraction of sp³-hybridized carbons (Fsp3) is 0.625. The van der Waals surface area contributed by atoms with Crippen LogP contribution < -0.4 is 5.32 Å². The average Bonchev–Trinajstić information content (AvgIpc) is 3.05. The summed E-state index contributed by atoms with van der Waals surface area (Å²) in [5, 5.41) is 14.1. The van der Waals surface area contributed by atoms with Gasteiger partial charge in [0.2, 0.25) is 0 Å². The number of thiophene rings is 1. The van der Waals surface area contributed by atoms with Gasteiger partial charge in [0.15, 0.2) is 0 Å². The minimum absolute atomic E-state index is 0.216. The molecule has 0 saturated carbocycles. The summed E-state index contributed by atoms with van der Waals surface area (Å²) in [6.07, 6.45) is 0.784. The zero-order chi connectivity index (χ0) is 16.2. The van der Waals surface area contributed by atoms with Gasteiger partial charge in [-0.05, 0) is 39.2 Å². The molecule has 0 radical (unpaired) electrons. The van der Waals surface area contributed by atoms with Crippen LogP contribution in [0.1, 0.15) is 37.6 Å². The molecule has 0 aliphatic carbocycles. The average molecular weight is 321 g/mol. The van der Waals surface area contributed by atoms with Crippen molar-refractivity contribution in [1.82, 2.24) is 10.2 Å². The lowest BCUT2D eigenvalue weighted by Crippen LogP contribution is -2.36. The summed E-state index contributed by atoms with van der Waals surface area (Å²) in [6, 6.07) is 4.06. The Morgan fingerprint density at radius 1 is 1.59 bits per heavy atom. The second kappa shape index (κ2) is 7.12. The van der Waals surface area contributed by atoms with E-state index in [0.717, 1.165) is 38.2 Å². The molecule has 1 fully saturated rings. The van der Waals surface area contributed by atoms with Gasteiger partial charge in [0.05, 0.1) is 5.56 Å². The zero-order valence-corrected chi connectivity index (χ0v) is 14.2. The molecule has 1 N–H and O–H groups in total. The molecule has 1 saturated heterocycles. The summed E-state index contributed by atoms with van der Waals surface area (Å²) < 4.78 is 5.40. The molecule has 1 aliphatic rings. The zero-order valence-electron chi connectivity index (χ0n) is 13.4. The molecular weight excluding hydrogens is 298 g/mol. The monoisotopic (exact) mass is 321 g/mol. The van der Waals surface area contributed by atoms with Gasteiger partial charge >= 0.3 is 6.09 Å². The Hall–Kier alpha value is -1.58. The molecule has 0 spiro atoms. The summed E-state index contributed by atoms with van der Waals surface area (Å²) in [6.45, 7) is 8.81. The molecule has 0 bridgehead atoms. The summed E-state index contributed by atoms with van der Waals surface area (Å²) in [5.74, 6) is 0.461. The molecule has 22 heavy (non-hydrogen) atoms. The number of nitriles is 1. The van der Waals surface area contributed by atoms with Gasteiger partial charge in [0.25, 0.3) is 0 Å². The van der Waals surface area contributed by atoms with Gasteiger partial charge in [-0.1, -0.05) is 0 Å². The van der Waals surface area contributed by atoms with Crippen molar-refractivity contribution in [3.8, 4) is 6.07 Å². The molecule has 5 nitrogen and oxygen atoms in total. The quantitative estimate of drug-likeness (QED) is 0.926. The Morgan fingerprint density at radius 3 is 3.00 bits per heavy atom. The van der Waals surface area contributed by atoms with Crippen molar-refractivity contribution in [2.75, 3.05) is 19.6 Å². The van der Waals surface area contributed by atoms with Crippen molar-refractivity contribution in [3.05, 3.63) is 21.9 Å². The van der Waals surface area contributed by atoms with Crippen molar-refractivity contribution >= 4 is 17.4 Å². The highest BCUT2D eigenvalue weighted by molar-refractivity contribution is 7.10. The molecule has 1 aromatic rings. The van der Waals surface area contributed by atoms with Crippen LogP contribution in [0, 0.1) is 17.2 Å². The maximum atomic E-state index is 12.0. The van der Waals surface area contributed by atoms with Crippen LogP contribution in [0.2, 0.25) is 0 Å². The van der Waals surface area contributed by atoms with E-state index in [2.05, 4.69) is 11.4 Å². The SMILES string of the molecule is CC(C)(C)OC(=O)N1CCC(CNCc2cc(C#N)cs2)C1. The number of nitrogens with zero attached hydrogens (tertiary/aromatic N) is 2. The number of carbonyl (C=O) groups is 1. The molecule has 6 heteroatoms. The molecule has 2 rings (SSSR count). The number of amides is 1. The summed E-state index contributed by atoms with van der Waals surface area (Å²) in [5.41, 5.74) is 0.282. The highest BCUT2D eigenvalue weighted by Gasteiger charge is 2.29. The maximum Gasteiger partial charge on any atom is 0.410 e. The van der Waals surface area contributed by atoms with Crippen LogP contribution in [-0.2, 0) is 11.3 Å². The van der Waals surface area contributed by atoms with Crippen LogP contribution in [0.25, 0.3) is 0 Å². The predicted molar refractivity (Wildman–Crippen MR) is 86.7 cm³/mol. The first-order valence-electron chi connectivity index (χ1n) is 7.53. The minimum atomic E-state index is -0.439. The van der Waals surface area contributed by atoms with Gasteiger partial charge in [0, 0.05) is 36.4 Å². The van der Waals surface area contributed by atoms with E-state index in [1.54, 1.807) is 16.2 Å². The third-order valence-electron chi connectivity index (χ3n) is 3.45. The second-order valence-corrected chi connectivity index (χ2v) is 7.62. The Labute approximate surface area is 135 Å². The lowest BCUT2D eigenvalue weighted by atomic mass is 10.1. The molecule has 1 amide bonds. The molecule has 1 unspecified atom stereocenters. The fourth-order valence-corrected chi connectivity index (χ4v) is 3.20. The first-order valence-corrected chi connectivity index (χ1v) is 8.41. The van der Waals surface area contributed by atoms with Crippen molar-refractivity contribution in [3.63, 3.8) is 0 Å². The van der Waals surface area contributed by atoms with Crippen molar-refractivity contribution < 1.29 is 9.53 Å². The highest BCUT2D eigenvalue weighted by atomic mass is 32.1. The maximum absolute atomic E-state index is 12.0. The van der Waals surface area contributed by atoms with Gasteiger partial charge in [-0.25, -0.2) is 4.79 Å². The third-order valence-corrected chi connectivity index (χ3v) is 4.39. The third kappa shape index (κ3) is 5.00. The van der Waals surface area contributed by atoms with Crippen LogP contribution in [0.4, 0.5) is 4.79 Å². The number of nitrogens with one attached hydrogen (secondary N) is 1. The predicted octanol–water partition coefficient (Wildman–Crippen LogP) is 2.97. The van der Waals surface area contributed by atoms with Gasteiger partial charge < -0.3 is 15.0 Å². The lowest BCUT2D eigenvalue weighted by Gasteiger charge is -2.24. The minimum Gasteiger partial charge on any atom is -0.444 e. The van der Waals surface area contributed by atoms with E-state index in [4.69, 9.17) is 10.00 Å². The summed E-state index contributed by atoms with van der Waals surface area (Å²) in [7, 11) is 0. The number of hydrogen-bond acceptors (Lipinski definition) is 5. The van der Waals surface area contributed by atoms with E-state index < -0.39 is 5.60 Å². The first kappa shape index (κ1) is 16.8. The van der Waals surface area contributed by atoms with E-state index in [9.17, 15) is 4.79 Å².